The van der Waals surface area contributed by atoms with E-state index in [1.165, 1.54) is 0 Å². The number of carbonyl (C=O) groups is 7. The minimum atomic E-state index is -1.78. The van der Waals surface area contributed by atoms with E-state index >= 15 is 0 Å². The van der Waals surface area contributed by atoms with Crippen LogP contribution in [0.1, 0.15) is 25.7 Å². The molecule has 0 aromatic rings. The molecule has 4 amide bonds. The summed E-state index contributed by atoms with van der Waals surface area (Å²) in [7, 11) is 0. The van der Waals surface area contributed by atoms with Crippen LogP contribution in [0.3, 0.4) is 0 Å². The van der Waals surface area contributed by atoms with Gasteiger partial charge in [0.1, 0.15) is 18.1 Å². The van der Waals surface area contributed by atoms with Crippen LogP contribution in [0.4, 0.5) is 0 Å². The molecule has 0 aromatic heterocycles. The zero-order valence-electron chi connectivity index (χ0n) is 16.6. The summed E-state index contributed by atoms with van der Waals surface area (Å²) < 4.78 is 0. The van der Waals surface area contributed by atoms with Gasteiger partial charge in [-0.25, -0.2) is 4.79 Å². The minimum absolute atomic E-state index is 0.349. The molecule has 0 saturated carbocycles. The number of carboxylic acids is 3. The molecule has 32 heavy (non-hydrogen) atoms. The Morgan fingerprint density at radius 1 is 0.750 bits per heavy atom. The maximum Gasteiger partial charge on any atom is 0.326 e. The van der Waals surface area contributed by atoms with E-state index in [2.05, 4.69) is 23.3 Å². The van der Waals surface area contributed by atoms with E-state index in [1.54, 1.807) is 0 Å². The van der Waals surface area contributed by atoms with Gasteiger partial charge in [0, 0.05) is 12.2 Å². The lowest BCUT2D eigenvalue weighted by molar-refractivity contribution is -0.147. The summed E-state index contributed by atoms with van der Waals surface area (Å²) in [6.07, 6.45) is -2.43. The van der Waals surface area contributed by atoms with Crippen LogP contribution in [0.2, 0.25) is 0 Å². The molecule has 4 atom stereocenters. The van der Waals surface area contributed by atoms with Crippen LogP contribution in [0.15, 0.2) is 0 Å². The van der Waals surface area contributed by atoms with E-state index in [0.29, 0.717) is 0 Å². The summed E-state index contributed by atoms with van der Waals surface area (Å²) in [6.45, 7) is 0. The number of rotatable bonds is 15. The highest BCUT2D eigenvalue weighted by molar-refractivity contribution is 7.80. The maximum absolute atomic E-state index is 12.5. The van der Waals surface area contributed by atoms with Crippen LogP contribution in [0.5, 0.6) is 0 Å². The zero-order chi connectivity index (χ0) is 25.0. The van der Waals surface area contributed by atoms with E-state index in [0.717, 1.165) is 0 Å². The molecule has 0 saturated heterocycles. The van der Waals surface area contributed by atoms with Crippen LogP contribution in [0, 0.1) is 0 Å². The van der Waals surface area contributed by atoms with Crippen LogP contribution in [0.25, 0.3) is 0 Å². The summed E-state index contributed by atoms with van der Waals surface area (Å²) in [4.78, 5) is 80.4. The first kappa shape index (κ1) is 28.6. The second kappa shape index (κ2) is 13.8. The van der Waals surface area contributed by atoms with Crippen LogP contribution >= 0.6 is 12.6 Å². The van der Waals surface area contributed by atoms with Gasteiger partial charge in [-0.2, -0.15) is 12.6 Å². The third-order valence-electron chi connectivity index (χ3n) is 3.85. The molecule has 0 aromatic carbocycles. The highest BCUT2D eigenvalue weighted by Crippen LogP contribution is 2.03. The third kappa shape index (κ3) is 11.1. The van der Waals surface area contributed by atoms with Crippen molar-refractivity contribution < 1.29 is 48.9 Å². The smallest absolute Gasteiger partial charge is 0.326 e. The van der Waals surface area contributed by atoms with E-state index in [-0.39, 0.29) is 5.75 Å². The maximum atomic E-state index is 12.5. The number of carboxylic acid groups (broad SMARTS) is 3. The van der Waals surface area contributed by atoms with Gasteiger partial charge in [-0.15, -0.1) is 0 Å². The highest BCUT2D eigenvalue weighted by atomic mass is 32.1. The lowest BCUT2D eigenvalue weighted by atomic mass is 10.1. The van der Waals surface area contributed by atoms with Gasteiger partial charge >= 0.3 is 17.9 Å². The van der Waals surface area contributed by atoms with Crippen molar-refractivity contribution in [2.24, 2.45) is 11.5 Å². The van der Waals surface area contributed by atoms with Crippen molar-refractivity contribution >= 4 is 54.2 Å². The molecule has 0 radical (unpaired) electrons. The van der Waals surface area contributed by atoms with Gasteiger partial charge in [-0.3, -0.25) is 28.8 Å². The Kier molecular flexibility index (Phi) is 12.3. The Balaban J connectivity index is 5.33. The first-order valence-corrected chi connectivity index (χ1v) is 9.63. The summed E-state index contributed by atoms with van der Waals surface area (Å²) in [5.41, 5.74) is 10.4. The number of nitrogens with two attached hydrogens (primary N) is 2. The van der Waals surface area contributed by atoms with Gasteiger partial charge in [0.05, 0.1) is 18.9 Å². The summed E-state index contributed by atoms with van der Waals surface area (Å²) >= 11 is 3.87. The lowest BCUT2D eigenvalue weighted by Crippen LogP contribution is -2.58. The number of nitrogens with one attached hydrogen (secondary N) is 3. The first-order chi connectivity index (χ1) is 14.8. The van der Waals surface area contributed by atoms with Gasteiger partial charge in [-0.1, -0.05) is 0 Å². The average Bonchev–Trinajstić information content (AvgIpc) is 2.66. The van der Waals surface area contributed by atoms with E-state index in [4.69, 9.17) is 26.8 Å². The van der Waals surface area contributed by atoms with Crippen molar-refractivity contribution in [3.8, 4) is 0 Å². The molecule has 0 heterocycles. The molecular formula is C16H25N5O10S. The SMILES string of the molecule is NC(=O)CC(N)C(=O)NC(CCC(=O)O)C(=O)NC(CS)C(=O)NC(CC(=O)O)C(=O)O. The molecule has 10 N–H and O–H groups in total. The molecule has 16 heteroatoms. The fourth-order valence-electron chi connectivity index (χ4n) is 2.24. The van der Waals surface area contributed by atoms with Gasteiger partial charge in [0.15, 0.2) is 0 Å². The average molecular weight is 479 g/mol. The molecule has 0 fully saturated rings. The molecule has 0 rings (SSSR count). The summed E-state index contributed by atoms with van der Waals surface area (Å²) in [5.74, 6) is -8.72. The van der Waals surface area contributed by atoms with Gasteiger partial charge in [0.25, 0.3) is 0 Å². The molecule has 4 unspecified atom stereocenters. The fourth-order valence-corrected chi connectivity index (χ4v) is 2.50. The Labute approximate surface area is 186 Å². The molecule has 0 aliphatic rings. The van der Waals surface area contributed by atoms with Crippen molar-refractivity contribution in [2.75, 3.05) is 5.75 Å². The second-order valence-electron chi connectivity index (χ2n) is 6.51. The first-order valence-electron chi connectivity index (χ1n) is 9.00. The number of primary amides is 1. The largest absolute Gasteiger partial charge is 0.481 e. The van der Waals surface area contributed by atoms with Crippen molar-refractivity contribution in [2.45, 2.75) is 49.9 Å². The topological polar surface area (TPSA) is 268 Å². The normalized spacial score (nSPS) is 14.2. The number of amides is 4. The van der Waals surface area contributed by atoms with Crippen molar-refractivity contribution in [1.82, 2.24) is 16.0 Å². The van der Waals surface area contributed by atoms with Crippen LogP contribution in [-0.2, 0) is 33.6 Å². The number of aliphatic carboxylic acids is 3. The zero-order valence-corrected chi connectivity index (χ0v) is 17.5. The fraction of sp³-hybridized carbons (Fsp3) is 0.562. The Bertz CT molecular complexity index is 761. The second-order valence-corrected chi connectivity index (χ2v) is 6.88. The van der Waals surface area contributed by atoms with E-state index in [9.17, 15) is 33.6 Å². The minimum Gasteiger partial charge on any atom is -0.481 e. The third-order valence-corrected chi connectivity index (χ3v) is 4.21. The molecular weight excluding hydrogens is 454 g/mol. The number of carbonyl (C=O) groups excluding carboxylic acids is 4. The van der Waals surface area contributed by atoms with Crippen LogP contribution in [-0.4, -0.2) is 86.8 Å². The number of hydrogen-bond acceptors (Lipinski definition) is 9. The van der Waals surface area contributed by atoms with Gasteiger partial charge in [0.2, 0.25) is 23.6 Å². The van der Waals surface area contributed by atoms with Crippen molar-refractivity contribution in [1.29, 1.82) is 0 Å². The van der Waals surface area contributed by atoms with E-state index < -0.39 is 91.4 Å². The predicted molar refractivity (Wildman–Crippen MR) is 108 cm³/mol. The van der Waals surface area contributed by atoms with Gasteiger partial charge in [-0.05, 0) is 6.42 Å². The van der Waals surface area contributed by atoms with E-state index in [1.807, 2.05) is 5.32 Å². The van der Waals surface area contributed by atoms with Gasteiger partial charge < -0.3 is 42.7 Å². The summed E-state index contributed by atoms with van der Waals surface area (Å²) in [5, 5.41) is 32.8. The molecule has 180 valence electrons. The monoisotopic (exact) mass is 479 g/mol. The highest BCUT2D eigenvalue weighted by Gasteiger charge is 2.31. The quantitative estimate of drug-likeness (QED) is 0.102. The van der Waals surface area contributed by atoms with Crippen molar-refractivity contribution in [3.05, 3.63) is 0 Å². The Morgan fingerprint density at radius 2 is 1.25 bits per heavy atom. The van der Waals surface area contributed by atoms with Crippen LogP contribution < -0.4 is 27.4 Å². The number of hydrogen-bond donors (Lipinski definition) is 9. The molecule has 0 aliphatic heterocycles. The lowest BCUT2D eigenvalue weighted by Gasteiger charge is -2.24. The number of thiol groups is 1. The predicted octanol–water partition coefficient (Wildman–Crippen LogP) is -4.00. The molecule has 15 nitrogen and oxygen atoms in total. The molecule has 0 aliphatic carbocycles. The Morgan fingerprint density at radius 3 is 1.69 bits per heavy atom. The summed E-state index contributed by atoms with van der Waals surface area (Å²) in [6, 6.07) is -6.13. The Hall–Kier alpha value is -3.40. The molecule has 0 bridgehead atoms. The standard InChI is InChI=1S/C16H25N5O10S/c17-6(3-10(18)22)13(27)19-7(1-2-11(23)24)14(28)21-9(5-32)15(29)20-8(16(30)31)4-12(25)26/h6-9,32H,1-5,17H2,(H2,18,22)(H,19,27)(H,20,29)(H,21,28)(H,23,24)(H,25,26)(H,30,31). The molecule has 0 spiro atoms. The van der Waals surface area contributed by atoms with Crippen molar-refractivity contribution in [3.63, 3.8) is 0 Å².